The molecule has 3 nitrogen and oxygen atoms in total. The third-order valence-electron chi connectivity index (χ3n) is 5.64. The van der Waals surface area contributed by atoms with Crippen LogP contribution in [0.15, 0.2) is 103 Å². The summed E-state index contributed by atoms with van der Waals surface area (Å²) in [5.41, 5.74) is 3.28. The van der Waals surface area contributed by atoms with Crippen molar-refractivity contribution in [2.75, 3.05) is 0 Å². The average Bonchev–Trinajstić information content (AvgIpc) is 2.79. The molecule has 2 N–H and O–H groups in total. The Bertz CT molecular complexity index is 1120. The van der Waals surface area contributed by atoms with Crippen LogP contribution in [0.25, 0.3) is 0 Å². The SMILES string of the molecule is CC(c1ccc(O)cc1)(c1ccc(O)cc1)c1ccccc1C(=O)c1ccccc1. The van der Waals surface area contributed by atoms with Gasteiger partial charge in [0.15, 0.2) is 5.78 Å². The topological polar surface area (TPSA) is 57.5 Å². The summed E-state index contributed by atoms with van der Waals surface area (Å²) in [6, 6.07) is 30.9. The fourth-order valence-electron chi connectivity index (χ4n) is 3.93. The summed E-state index contributed by atoms with van der Waals surface area (Å²) in [4.78, 5) is 13.4. The van der Waals surface area contributed by atoms with Crippen LogP contribution in [0.2, 0.25) is 0 Å². The van der Waals surface area contributed by atoms with E-state index in [4.69, 9.17) is 0 Å². The Morgan fingerprint density at radius 1 is 0.633 bits per heavy atom. The summed E-state index contributed by atoms with van der Waals surface area (Å²) in [6.07, 6.45) is 0. The van der Waals surface area contributed by atoms with Crippen LogP contribution in [0.3, 0.4) is 0 Å². The number of carbonyl (C=O) groups is 1. The number of benzene rings is 4. The Morgan fingerprint density at radius 3 is 1.63 bits per heavy atom. The van der Waals surface area contributed by atoms with Gasteiger partial charge in [-0.1, -0.05) is 78.9 Å². The fraction of sp³-hybridized carbons (Fsp3) is 0.0741. The van der Waals surface area contributed by atoms with Gasteiger partial charge in [-0.25, -0.2) is 0 Å². The second kappa shape index (κ2) is 7.88. The zero-order valence-corrected chi connectivity index (χ0v) is 16.6. The van der Waals surface area contributed by atoms with Gasteiger partial charge in [0.05, 0.1) is 0 Å². The zero-order chi connectivity index (χ0) is 21.1. The molecule has 148 valence electrons. The first-order valence-electron chi connectivity index (χ1n) is 9.78. The maximum atomic E-state index is 13.4. The summed E-state index contributed by atoms with van der Waals surface area (Å²) in [5, 5.41) is 19.6. The van der Waals surface area contributed by atoms with Crippen LogP contribution in [0.4, 0.5) is 0 Å². The highest BCUT2D eigenvalue weighted by molar-refractivity contribution is 6.10. The Kier molecular flexibility index (Phi) is 5.11. The van der Waals surface area contributed by atoms with Gasteiger partial charge in [0.2, 0.25) is 0 Å². The van der Waals surface area contributed by atoms with E-state index in [1.807, 2.05) is 78.9 Å². The first kappa shape index (κ1) is 19.5. The smallest absolute Gasteiger partial charge is 0.193 e. The molecule has 4 aromatic carbocycles. The predicted octanol–water partition coefficient (Wildman–Crippen LogP) is 5.68. The molecule has 0 fully saturated rings. The number of hydrogen-bond acceptors (Lipinski definition) is 3. The number of phenolic OH excluding ortho intramolecular Hbond substituents is 2. The van der Waals surface area contributed by atoms with Gasteiger partial charge in [-0.2, -0.15) is 0 Å². The lowest BCUT2D eigenvalue weighted by molar-refractivity contribution is 0.103. The van der Waals surface area contributed by atoms with E-state index in [1.54, 1.807) is 24.3 Å². The summed E-state index contributed by atoms with van der Waals surface area (Å²) >= 11 is 0. The van der Waals surface area contributed by atoms with Crippen LogP contribution in [-0.2, 0) is 5.41 Å². The minimum absolute atomic E-state index is 0.0463. The van der Waals surface area contributed by atoms with Crippen molar-refractivity contribution < 1.29 is 15.0 Å². The lowest BCUT2D eigenvalue weighted by Gasteiger charge is -2.33. The van der Waals surface area contributed by atoms with Crippen molar-refractivity contribution >= 4 is 5.78 Å². The monoisotopic (exact) mass is 394 g/mol. The number of hydrogen-bond donors (Lipinski definition) is 2. The van der Waals surface area contributed by atoms with Crippen molar-refractivity contribution in [3.8, 4) is 11.5 Å². The van der Waals surface area contributed by atoms with Gasteiger partial charge in [-0.15, -0.1) is 0 Å². The Labute approximate surface area is 175 Å². The maximum Gasteiger partial charge on any atom is 0.193 e. The highest BCUT2D eigenvalue weighted by Gasteiger charge is 2.34. The largest absolute Gasteiger partial charge is 0.508 e. The molecule has 0 radical (unpaired) electrons. The van der Waals surface area contributed by atoms with Gasteiger partial charge in [-0.05, 0) is 47.9 Å². The molecule has 0 saturated heterocycles. The normalized spacial score (nSPS) is 11.2. The Balaban J connectivity index is 1.96. The van der Waals surface area contributed by atoms with Crippen molar-refractivity contribution in [3.63, 3.8) is 0 Å². The third kappa shape index (κ3) is 3.46. The van der Waals surface area contributed by atoms with Gasteiger partial charge < -0.3 is 10.2 Å². The Hall–Kier alpha value is -3.85. The third-order valence-corrected chi connectivity index (χ3v) is 5.64. The van der Waals surface area contributed by atoms with Crippen LogP contribution in [-0.4, -0.2) is 16.0 Å². The molecule has 0 spiro atoms. The van der Waals surface area contributed by atoms with Crippen LogP contribution < -0.4 is 0 Å². The number of carbonyl (C=O) groups excluding carboxylic acids is 1. The van der Waals surface area contributed by atoms with Crippen molar-refractivity contribution in [2.24, 2.45) is 0 Å². The van der Waals surface area contributed by atoms with Crippen molar-refractivity contribution in [1.29, 1.82) is 0 Å². The number of aromatic hydroxyl groups is 2. The van der Waals surface area contributed by atoms with Gasteiger partial charge in [0, 0.05) is 16.5 Å². The van der Waals surface area contributed by atoms with E-state index in [0.717, 1.165) is 16.7 Å². The van der Waals surface area contributed by atoms with Gasteiger partial charge in [0.25, 0.3) is 0 Å². The van der Waals surface area contributed by atoms with Crippen molar-refractivity contribution in [3.05, 3.63) is 131 Å². The highest BCUT2D eigenvalue weighted by atomic mass is 16.3. The summed E-state index contributed by atoms with van der Waals surface area (Å²) in [5.74, 6) is 0.316. The van der Waals surface area contributed by atoms with Crippen LogP contribution in [0.5, 0.6) is 11.5 Å². The maximum absolute atomic E-state index is 13.4. The van der Waals surface area contributed by atoms with E-state index >= 15 is 0 Å². The molecule has 0 unspecified atom stereocenters. The summed E-state index contributed by atoms with van der Waals surface area (Å²) < 4.78 is 0. The van der Waals surface area contributed by atoms with Crippen LogP contribution >= 0.6 is 0 Å². The molecular weight excluding hydrogens is 372 g/mol. The number of ketones is 1. The number of rotatable bonds is 5. The molecule has 0 atom stereocenters. The minimum atomic E-state index is -0.678. The molecule has 4 rings (SSSR count). The van der Waals surface area contributed by atoms with E-state index in [-0.39, 0.29) is 17.3 Å². The predicted molar refractivity (Wildman–Crippen MR) is 118 cm³/mol. The Morgan fingerprint density at radius 2 is 1.10 bits per heavy atom. The molecule has 0 saturated carbocycles. The van der Waals surface area contributed by atoms with E-state index in [0.29, 0.717) is 11.1 Å². The molecule has 0 amide bonds. The lowest BCUT2D eigenvalue weighted by atomic mass is 9.69. The molecule has 3 heteroatoms. The second-order valence-electron chi connectivity index (χ2n) is 7.46. The molecule has 30 heavy (non-hydrogen) atoms. The first-order chi connectivity index (χ1) is 14.5. The molecule has 4 aromatic rings. The molecule has 0 aliphatic rings. The van der Waals surface area contributed by atoms with Gasteiger partial charge in [0.1, 0.15) is 11.5 Å². The van der Waals surface area contributed by atoms with Crippen molar-refractivity contribution in [2.45, 2.75) is 12.3 Å². The number of phenols is 2. The van der Waals surface area contributed by atoms with Gasteiger partial charge in [-0.3, -0.25) is 4.79 Å². The van der Waals surface area contributed by atoms with E-state index < -0.39 is 5.41 Å². The molecule has 0 bridgehead atoms. The minimum Gasteiger partial charge on any atom is -0.508 e. The average molecular weight is 394 g/mol. The van der Waals surface area contributed by atoms with E-state index in [9.17, 15) is 15.0 Å². The summed E-state index contributed by atoms with van der Waals surface area (Å²) in [6.45, 7) is 2.06. The van der Waals surface area contributed by atoms with E-state index in [1.165, 1.54) is 0 Å². The van der Waals surface area contributed by atoms with Crippen LogP contribution in [0.1, 0.15) is 39.5 Å². The second-order valence-corrected chi connectivity index (χ2v) is 7.46. The quantitative estimate of drug-likeness (QED) is 0.338. The zero-order valence-electron chi connectivity index (χ0n) is 16.6. The van der Waals surface area contributed by atoms with Crippen molar-refractivity contribution in [1.82, 2.24) is 0 Å². The molecule has 0 heterocycles. The van der Waals surface area contributed by atoms with E-state index in [2.05, 4.69) is 6.92 Å². The molecule has 0 aliphatic heterocycles. The fourth-order valence-corrected chi connectivity index (χ4v) is 3.93. The summed E-state index contributed by atoms with van der Waals surface area (Å²) in [7, 11) is 0. The first-order valence-corrected chi connectivity index (χ1v) is 9.78. The van der Waals surface area contributed by atoms with Crippen LogP contribution in [0, 0.1) is 0 Å². The standard InChI is InChI=1S/C27H22O3/c1-27(20-11-15-22(28)16-12-20,21-13-17-23(29)18-14-21)25-10-6-5-9-24(25)26(30)19-7-3-2-4-8-19/h2-18,28-29H,1H3. The highest BCUT2D eigenvalue weighted by Crippen LogP contribution is 2.41. The van der Waals surface area contributed by atoms with Gasteiger partial charge >= 0.3 is 0 Å². The molecule has 0 aliphatic carbocycles. The molecule has 0 aromatic heterocycles. The lowest BCUT2D eigenvalue weighted by Crippen LogP contribution is -2.28. The molecular formula is C27H22O3.